The quantitative estimate of drug-likeness (QED) is 0.149. The minimum Gasteiger partial charge on any atom is -0.453 e. The number of imidazole rings is 2. The van der Waals surface area contributed by atoms with Crippen LogP contribution >= 0.6 is 0 Å². The zero-order chi connectivity index (χ0) is 40.7. The van der Waals surface area contributed by atoms with Crippen molar-refractivity contribution in [2.45, 2.75) is 81.7 Å². The van der Waals surface area contributed by atoms with E-state index >= 15 is 0 Å². The van der Waals surface area contributed by atoms with Crippen molar-refractivity contribution < 1.29 is 41.8 Å². The van der Waals surface area contributed by atoms with E-state index in [2.05, 4.69) is 40.5 Å². The van der Waals surface area contributed by atoms with Gasteiger partial charge in [0.25, 0.3) is 0 Å². The number of methoxy groups -OCH3 is 2. The first-order valence-electron chi connectivity index (χ1n) is 19.4. The maximum atomic E-state index is 14.4. The van der Waals surface area contributed by atoms with Crippen LogP contribution in [-0.4, -0.2) is 103 Å². The van der Waals surface area contributed by atoms with Crippen molar-refractivity contribution >= 4 is 24.0 Å². The Kier molecular flexibility index (Phi) is 10.5. The van der Waals surface area contributed by atoms with E-state index in [1.54, 1.807) is 35.6 Å². The molecule has 4 aromatic rings. The lowest BCUT2D eigenvalue weighted by molar-refractivity contribution is -0.140. The average molecular weight is 805 g/mol. The summed E-state index contributed by atoms with van der Waals surface area (Å²) >= 11 is 0. The summed E-state index contributed by atoms with van der Waals surface area (Å²) in [6.45, 7) is 0.861. The van der Waals surface area contributed by atoms with Gasteiger partial charge in [0.2, 0.25) is 11.8 Å². The van der Waals surface area contributed by atoms with Crippen molar-refractivity contribution in [1.29, 1.82) is 0 Å². The molecular weight excluding hydrogens is 761 g/mol. The number of rotatable bonds is 11. The van der Waals surface area contributed by atoms with E-state index in [-0.39, 0.29) is 46.8 Å². The number of ether oxygens (including phenoxy) is 2. The van der Waals surface area contributed by atoms with Gasteiger partial charge in [-0.05, 0) is 63.2 Å². The van der Waals surface area contributed by atoms with Gasteiger partial charge in [0.05, 0.1) is 38.2 Å². The SMILES string of the molecule is COC(=O)NC(C(=O)N1CCC[C@H]1c1ncc(-c2cnc(-c3ccc(-c4nc([C@@H]5CCCN5C(=O)[C@@H](NC(=O)OC)C5CC5)[nH]c4C(F)(F)F)cc3)nc2)[nH]1)C1CC1. The highest BCUT2D eigenvalue weighted by atomic mass is 19.4. The molecule has 2 saturated heterocycles. The Morgan fingerprint density at radius 3 is 1.72 bits per heavy atom. The first kappa shape index (κ1) is 38.8. The highest BCUT2D eigenvalue weighted by Gasteiger charge is 2.46. The second kappa shape index (κ2) is 15.7. The van der Waals surface area contributed by atoms with E-state index in [9.17, 15) is 32.3 Å². The van der Waals surface area contributed by atoms with Gasteiger partial charge in [-0.3, -0.25) is 9.59 Å². The largest absolute Gasteiger partial charge is 0.453 e. The molecule has 8 rings (SSSR count). The van der Waals surface area contributed by atoms with Crippen LogP contribution in [0.3, 0.4) is 0 Å². The number of H-pyrrole nitrogens is 2. The number of nitrogens with zero attached hydrogens (tertiary/aromatic N) is 6. The van der Waals surface area contributed by atoms with E-state index in [1.165, 1.54) is 31.3 Å². The molecule has 19 heteroatoms. The number of hydrogen-bond donors (Lipinski definition) is 4. The molecule has 1 aromatic carbocycles. The van der Waals surface area contributed by atoms with E-state index in [1.807, 2.05) is 0 Å². The third-order valence-corrected chi connectivity index (χ3v) is 11.3. The average Bonchev–Trinajstić information content (AvgIpc) is 3.96. The van der Waals surface area contributed by atoms with Crippen LogP contribution in [0.5, 0.6) is 0 Å². The molecule has 0 bridgehead atoms. The van der Waals surface area contributed by atoms with Crippen LogP contribution in [0.1, 0.15) is 80.8 Å². The van der Waals surface area contributed by atoms with Gasteiger partial charge in [-0.1, -0.05) is 24.3 Å². The van der Waals surface area contributed by atoms with Gasteiger partial charge in [-0.15, -0.1) is 0 Å². The molecule has 4 N–H and O–H groups in total. The number of aromatic amines is 2. The molecule has 5 heterocycles. The number of alkyl halides is 3. The highest BCUT2D eigenvalue weighted by Crippen LogP contribution is 2.42. The molecular formula is C39H43F3N10O6. The Balaban J connectivity index is 0.967. The predicted octanol–water partition coefficient (Wildman–Crippen LogP) is 5.54. The topological polar surface area (TPSA) is 200 Å². The van der Waals surface area contributed by atoms with Crippen molar-refractivity contribution in [3.63, 3.8) is 0 Å². The van der Waals surface area contributed by atoms with E-state index in [4.69, 9.17) is 9.47 Å². The summed E-state index contributed by atoms with van der Waals surface area (Å²) in [5.74, 6) is 0.476. The molecule has 0 spiro atoms. The van der Waals surface area contributed by atoms with Crippen molar-refractivity contribution in [2.75, 3.05) is 27.3 Å². The van der Waals surface area contributed by atoms with E-state index < -0.39 is 42.2 Å². The van der Waals surface area contributed by atoms with Gasteiger partial charge in [0.15, 0.2) is 5.82 Å². The third-order valence-electron chi connectivity index (χ3n) is 11.3. The molecule has 4 atom stereocenters. The summed E-state index contributed by atoms with van der Waals surface area (Å²) in [6, 6.07) is 3.78. The lowest BCUT2D eigenvalue weighted by Gasteiger charge is -2.28. The molecule has 2 saturated carbocycles. The molecule has 2 aliphatic heterocycles. The maximum Gasteiger partial charge on any atom is 0.433 e. The zero-order valence-corrected chi connectivity index (χ0v) is 31.8. The second-order valence-corrected chi connectivity index (χ2v) is 15.2. The fourth-order valence-electron chi connectivity index (χ4n) is 7.99. The number of amides is 4. The minimum absolute atomic E-state index is 0.0241. The zero-order valence-electron chi connectivity index (χ0n) is 31.8. The number of likely N-dealkylation sites (tertiary alicyclic amines) is 2. The lowest BCUT2D eigenvalue weighted by Crippen LogP contribution is -2.49. The van der Waals surface area contributed by atoms with Crippen molar-refractivity contribution in [3.05, 3.63) is 60.2 Å². The number of carbonyl (C=O) groups excluding carboxylic acids is 4. The van der Waals surface area contributed by atoms with Gasteiger partial charge in [0.1, 0.15) is 35.1 Å². The number of benzene rings is 1. The van der Waals surface area contributed by atoms with Crippen molar-refractivity contribution in [3.8, 4) is 33.9 Å². The van der Waals surface area contributed by atoms with Gasteiger partial charge in [-0.2, -0.15) is 13.2 Å². The lowest BCUT2D eigenvalue weighted by atomic mass is 10.1. The van der Waals surface area contributed by atoms with Crippen LogP contribution in [-0.2, 0) is 25.2 Å². The van der Waals surface area contributed by atoms with Gasteiger partial charge >= 0.3 is 18.4 Å². The highest BCUT2D eigenvalue weighted by molar-refractivity contribution is 5.87. The molecule has 16 nitrogen and oxygen atoms in total. The summed E-state index contributed by atoms with van der Waals surface area (Å²) in [4.78, 5) is 78.1. The first-order valence-corrected chi connectivity index (χ1v) is 19.4. The summed E-state index contributed by atoms with van der Waals surface area (Å²) in [5.41, 5.74) is 0.737. The van der Waals surface area contributed by atoms with Gasteiger partial charge in [-0.25, -0.2) is 29.5 Å². The van der Waals surface area contributed by atoms with Gasteiger partial charge < -0.3 is 39.9 Å². The molecule has 2 aliphatic carbocycles. The first-order chi connectivity index (χ1) is 27.9. The monoisotopic (exact) mass is 804 g/mol. The molecule has 1 unspecified atom stereocenters. The molecule has 0 radical (unpaired) electrons. The van der Waals surface area contributed by atoms with E-state index in [0.717, 1.165) is 32.1 Å². The number of nitrogens with one attached hydrogen (secondary N) is 4. The Bertz CT molecular complexity index is 2170. The Labute approximate surface area is 330 Å². The molecule has 4 aliphatic rings. The normalized spacial score (nSPS) is 20.4. The van der Waals surface area contributed by atoms with Crippen LogP contribution < -0.4 is 10.6 Å². The van der Waals surface area contributed by atoms with Crippen LogP contribution in [0.25, 0.3) is 33.9 Å². The van der Waals surface area contributed by atoms with Gasteiger partial charge in [0, 0.05) is 42.2 Å². The number of carbonyl (C=O) groups is 4. The van der Waals surface area contributed by atoms with Crippen LogP contribution in [0, 0.1) is 11.8 Å². The fraction of sp³-hybridized carbons (Fsp3) is 0.487. The molecule has 58 heavy (non-hydrogen) atoms. The maximum absolute atomic E-state index is 14.4. The van der Waals surface area contributed by atoms with E-state index in [0.29, 0.717) is 60.8 Å². The Hall–Kier alpha value is -6.01. The number of halogens is 3. The van der Waals surface area contributed by atoms with Crippen LogP contribution in [0.2, 0.25) is 0 Å². The van der Waals surface area contributed by atoms with Crippen molar-refractivity contribution in [2.24, 2.45) is 11.8 Å². The fourth-order valence-corrected chi connectivity index (χ4v) is 7.99. The summed E-state index contributed by atoms with van der Waals surface area (Å²) in [6.07, 6.45) is 4.43. The Morgan fingerprint density at radius 1 is 0.707 bits per heavy atom. The predicted molar refractivity (Wildman–Crippen MR) is 199 cm³/mol. The summed E-state index contributed by atoms with van der Waals surface area (Å²) in [7, 11) is 2.47. The summed E-state index contributed by atoms with van der Waals surface area (Å²) < 4.78 is 52.7. The van der Waals surface area contributed by atoms with Crippen LogP contribution in [0.15, 0.2) is 42.9 Å². The minimum atomic E-state index is -4.76. The number of aromatic nitrogens is 6. The summed E-state index contributed by atoms with van der Waals surface area (Å²) in [5, 5.41) is 5.30. The molecule has 4 fully saturated rings. The molecule has 3 aromatic heterocycles. The third kappa shape index (κ3) is 7.93. The smallest absolute Gasteiger partial charge is 0.433 e. The second-order valence-electron chi connectivity index (χ2n) is 15.2. The molecule has 306 valence electrons. The van der Waals surface area contributed by atoms with Crippen LogP contribution in [0.4, 0.5) is 22.8 Å². The number of alkyl carbamates (subject to hydrolysis) is 2. The Morgan fingerprint density at radius 2 is 1.22 bits per heavy atom. The number of hydrogen-bond acceptors (Lipinski definition) is 10. The molecule has 4 amide bonds. The van der Waals surface area contributed by atoms with Crippen molar-refractivity contribution in [1.82, 2.24) is 50.3 Å². The standard InChI is InChI=1S/C39H43F3N10O6/c1-57-37(55)48-29(21-7-8-21)35(53)51-15-3-5-26(51)33-45-19-25(46-33)24-17-43-32(44-18-24)23-13-11-20(12-14-23)28-31(39(40,41)42)50-34(47-28)27-6-4-16-52(27)36(54)30(22-9-10-22)49-38(56)58-2/h11-14,17-19,21-22,26-27,29-30H,3-10,15-16H2,1-2H3,(H,45,46)(H,47,50)(H,48,55)(H,49,56)/t26-,27-,29?,30-/m0/s1.